The van der Waals surface area contributed by atoms with Crippen LogP contribution in [0.15, 0.2) is 24.3 Å². The van der Waals surface area contributed by atoms with Gasteiger partial charge in [-0.15, -0.1) is 5.10 Å². The highest BCUT2D eigenvalue weighted by Crippen LogP contribution is 2.41. The maximum absolute atomic E-state index is 14.0. The zero-order valence-electron chi connectivity index (χ0n) is 15.6. The third-order valence-electron chi connectivity index (χ3n) is 4.79. The summed E-state index contributed by atoms with van der Waals surface area (Å²) in [7, 11) is 0. The van der Waals surface area contributed by atoms with E-state index in [1.54, 1.807) is 6.07 Å². The first-order valence-electron chi connectivity index (χ1n) is 9.18. The third-order valence-corrected chi connectivity index (χ3v) is 5.86. The van der Waals surface area contributed by atoms with Crippen molar-refractivity contribution in [2.45, 2.75) is 45.4 Å². The maximum atomic E-state index is 14.0. The smallest absolute Gasteiger partial charge is 0.230 e. The minimum atomic E-state index is -0.293. The van der Waals surface area contributed by atoms with Gasteiger partial charge in [0, 0.05) is 19.5 Å². The fourth-order valence-corrected chi connectivity index (χ4v) is 4.89. The molecule has 0 radical (unpaired) electrons. The summed E-state index contributed by atoms with van der Waals surface area (Å²) in [4.78, 5) is 8.08. The number of hydrogen-bond acceptors (Lipinski definition) is 6. The second kappa shape index (κ2) is 7.18. The van der Waals surface area contributed by atoms with Crippen LogP contribution in [0.25, 0.3) is 4.96 Å². The van der Waals surface area contributed by atoms with Crippen LogP contribution < -0.4 is 0 Å². The lowest BCUT2D eigenvalue weighted by molar-refractivity contribution is -0.0764. The predicted molar refractivity (Wildman–Crippen MR) is 102 cm³/mol. The first kappa shape index (κ1) is 18.3. The van der Waals surface area contributed by atoms with E-state index in [2.05, 4.69) is 15.0 Å². The average molecular weight is 390 g/mol. The molecule has 6 nitrogen and oxygen atoms in total. The number of halogens is 1. The van der Waals surface area contributed by atoms with Crippen LogP contribution in [0.3, 0.4) is 0 Å². The van der Waals surface area contributed by atoms with Crippen LogP contribution >= 0.6 is 11.3 Å². The Kier molecular flexibility index (Phi) is 4.88. The Hall–Kier alpha value is -2.03. The number of aryl methyl sites for hydroxylation is 1. The molecule has 1 aliphatic rings. The van der Waals surface area contributed by atoms with Gasteiger partial charge in [0.25, 0.3) is 0 Å². The van der Waals surface area contributed by atoms with Gasteiger partial charge in [0.15, 0.2) is 5.82 Å². The Labute approximate surface area is 161 Å². The molecule has 0 aliphatic carbocycles. The van der Waals surface area contributed by atoms with Crippen LogP contribution in [-0.2, 0) is 11.2 Å². The number of rotatable bonds is 4. The van der Waals surface area contributed by atoms with Gasteiger partial charge in [-0.25, -0.2) is 9.37 Å². The highest BCUT2D eigenvalue weighted by Gasteiger charge is 2.34. The number of aromatic hydroxyl groups is 1. The molecular weight excluding hydrogens is 367 g/mol. The van der Waals surface area contributed by atoms with E-state index in [0.717, 1.165) is 10.4 Å². The van der Waals surface area contributed by atoms with Gasteiger partial charge in [0.05, 0.1) is 23.1 Å². The van der Waals surface area contributed by atoms with Crippen molar-refractivity contribution in [3.63, 3.8) is 0 Å². The number of benzene rings is 1. The van der Waals surface area contributed by atoms with Gasteiger partial charge < -0.3 is 9.84 Å². The number of nitrogens with zero attached hydrogens (tertiary/aromatic N) is 4. The van der Waals surface area contributed by atoms with Gasteiger partial charge >= 0.3 is 0 Å². The summed E-state index contributed by atoms with van der Waals surface area (Å²) in [6.07, 6.45) is 0.816. The largest absolute Gasteiger partial charge is 0.492 e. The monoisotopic (exact) mass is 390 g/mol. The molecule has 0 bridgehead atoms. The second-order valence-electron chi connectivity index (χ2n) is 7.03. The van der Waals surface area contributed by atoms with Crippen molar-refractivity contribution in [1.82, 2.24) is 19.5 Å². The SMILES string of the molecule is CCc1nc2sc([C@H](c3cccc(F)c3)N3C[C@@H](C)O[C@@H](C)C3)c(O)n2n1. The zero-order chi connectivity index (χ0) is 19.1. The summed E-state index contributed by atoms with van der Waals surface area (Å²) < 4.78 is 21.3. The summed E-state index contributed by atoms with van der Waals surface area (Å²) in [6.45, 7) is 7.42. The zero-order valence-corrected chi connectivity index (χ0v) is 16.4. The van der Waals surface area contributed by atoms with Crippen molar-refractivity contribution in [1.29, 1.82) is 0 Å². The number of ether oxygens (including phenoxy) is 1. The van der Waals surface area contributed by atoms with E-state index in [-0.39, 0.29) is 29.9 Å². The molecule has 0 saturated carbocycles. The van der Waals surface area contributed by atoms with E-state index >= 15 is 0 Å². The molecule has 1 aromatic carbocycles. The molecule has 1 aliphatic heterocycles. The minimum absolute atomic E-state index is 0.0563. The normalized spacial score (nSPS) is 22.4. The predicted octanol–water partition coefficient (Wildman–Crippen LogP) is 3.40. The Morgan fingerprint density at radius 2 is 2.07 bits per heavy atom. The summed E-state index contributed by atoms with van der Waals surface area (Å²) in [5, 5.41) is 15.2. The maximum Gasteiger partial charge on any atom is 0.230 e. The lowest BCUT2D eigenvalue weighted by Crippen LogP contribution is -2.47. The van der Waals surface area contributed by atoms with Gasteiger partial charge in [-0.1, -0.05) is 30.4 Å². The molecule has 4 rings (SSSR count). The fraction of sp³-hybridized carbons (Fsp3) is 0.474. The van der Waals surface area contributed by atoms with Crippen LogP contribution in [0, 0.1) is 5.82 Å². The lowest BCUT2D eigenvalue weighted by Gasteiger charge is -2.40. The standard InChI is InChI=1S/C19H23FN4O2S/c1-4-15-21-19-24(22-15)18(25)17(27-19)16(13-6-5-7-14(20)8-13)23-9-11(2)26-12(3)10-23/h5-8,11-12,16,25H,4,9-10H2,1-3H3/t11-,12+,16-/m0/s1. The molecule has 144 valence electrons. The van der Waals surface area contributed by atoms with E-state index in [9.17, 15) is 9.50 Å². The van der Waals surface area contributed by atoms with E-state index in [1.807, 2.05) is 26.8 Å². The number of aromatic nitrogens is 3. The molecular formula is C19H23FN4O2S. The molecule has 0 spiro atoms. The Balaban J connectivity index is 1.82. The van der Waals surface area contributed by atoms with E-state index in [1.165, 1.54) is 28.0 Å². The summed E-state index contributed by atoms with van der Waals surface area (Å²) in [6, 6.07) is 6.27. The summed E-state index contributed by atoms with van der Waals surface area (Å²) >= 11 is 1.40. The van der Waals surface area contributed by atoms with Crippen LogP contribution in [0.5, 0.6) is 5.88 Å². The number of fused-ring (bicyclic) bond motifs is 1. The van der Waals surface area contributed by atoms with Gasteiger partial charge in [-0.2, -0.15) is 4.52 Å². The van der Waals surface area contributed by atoms with Gasteiger partial charge in [0.1, 0.15) is 5.82 Å². The van der Waals surface area contributed by atoms with Gasteiger partial charge in [-0.3, -0.25) is 4.90 Å². The molecule has 1 fully saturated rings. The van der Waals surface area contributed by atoms with Crippen LogP contribution in [0.1, 0.15) is 43.1 Å². The van der Waals surface area contributed by atoms with E-state index < -0.39 is 0 Å². The van der Waals surface area contributed by atoms with Crippen molar-refractivity contribution in [2.24, 2.45) is 0 Å². The molecule has 27 heavy (non-hydrogen) atoms. The van der Waals surface area contributed by atoms with Crippen molar-refractivity contribution in [3.05, 3.63) is 46.3 Å². The van der Waals surface area contributed by atoms with Crippen molar-refractivity contribution < 1.29 is 14.2 Å². The van der Waals surface area contributed by atoms with E-state index in [0.29, 0.717) is 30.3 Å². The first-order valence-corrected chi connectivity index (χ1v) is 10.00. The lowest BCUT2D eigenvalue weighted by atomic mass is 10.0. The van der Waals surface area contributed by atoms with Crippen molar-refractivity contribution in [2.75, 3.05) is 13.1 Å². The Bertz CT molecular complexity index is 946. The van der Waals surface area contributed by atoms with Gasteiger partial charge in [-0.05, 0) is 31.5 Å². The van der Waals surface area contributed by atoms with Gasteiger partial charge in [0.2, 0.25) is 10.8 Å². The third kappa shape index (κ3) is 3.44. The minimum Gasteiger partial charge on any atom is -0.492 e. The molecule has 1 saturated heterocycles. The Morgan fingerprint density at radius 1 is 1.33 bits per heavy atom. The van der Waals surface area contributed by atoms with Crippen molar-refractivity contribution >= 4 is 16.3 Å². The molecule has 0 unspecified atom stereocenters. The second-order valence-corrected chi connectivity index (χ2v) is 8.04. The average Bonchev–Trinajstić information content (AvgIpc) is 3.14. The number of morpholine rings is 1. The molecule has 2 aromatic heterocycles. The molecule has 3 atom stereocenters. The molecule has 8 heteroatoms. The molecule has 3 heterocycles. The van der Waals surface area contributed by atoms with Crippen molar-refractivity contribution in [3.8, 4) is 5.88 Å². The summed E-state index contributed by atoms with van der Waals surface area (Å²) in [5.74, 6) is 0.473. The quantitative estimate of drug-likeness (QED) is 0.740. The van der Waals surface area contributed by atoms with E-state index in [4.69, 9.17) is 4.74 Å². The topological polar surface area (TPSA) is 62.9 Å². The van der Waals surface area contributed by atoms with Crippen LogP contribution in [0.4, 0.5) is 4.39 Å². The van der Waals surface area contributed by atoms with Crippen LogP contribution in [0.2, 0.25) is 0 Å². The molecule has 1 N–H and O–H groups in total. The van der Waals surface area contributed by atoms with Crippen LogP contribution in [-0.4, -0.2) is 49.9 Å². The molecule has 3 aromatic rings. The Morgan fingerprint density at radius 3 is 2.70 bits per heavy atom. The number of hydrogen-bond donors (Lipinski definition) is 1. The highest BCUT2D eigenvalue weighted by atomic mass is 32.1. The molecule has 0 amide bonds. The fourth-order valence-electron chi connectivity index (χ4n) is 3.75. The highest BCUT2D eigenvalue weighted by molar-refractivity contribution is 7.17. The number of thiazole rings is 1. The summed E-state index contributed by atoms with van der Waals surface area (Å²) in [5.41, 5.74) is 0.798. The first-order chi connectivity index (χ1) is 13.0.